The van der Waals surface area contributed by atoms with Crippen molar-refractivity contribution in [1.82, 2.24) is 24.6 Å². The summed E-state index contributed by atoms with van der Waals surface area (Å²) < 4.78 is 6.73. The number of nitrogens with zero attached hydrogens (tertiary/aromatic N) is 5. The molecule has 3 aromatic heterocycles. The number of thiophene rings is 1. The summed E-state index contributed by atoms with van der Waals surface area (Å²) in [5.74, 6) is -0.560. The van der Waals surface area contributed by atoms with Gasteiger partial charge in [0.25, 0.3) is 5.91 Å². The lowest BCUT2D eigenvalue weighted by molar-refractivity contribution is -0.113. The molecule has 0 bridgehead atoms. The Balaban J connectivity index is 1.78. The van der Waals surface area contributed by atoms with E-state index in [1.807, 2.05) is 29.7 Å². The molecule has 10 nitrogen and oxygen atoms in total. The lowest BCUT2D eigenvalue weighted by Crippen LogP contribution is -2.21. The van der Waals surface area contributed by atoms with Gasteiger partial charge in [0, 0.05) is 26.8 Å². The van der Waals surface area contributed by atoms with Crippen molar-refractivity contribution in [2.75, 3.05) is 32.3 Å². The average molecular weight is 489 g/mol. The molecule has 0 aliphatic rings. The van der Waals surface area contributed by atoms with Crippen LogP contribution in [0.5, 0.6) is 0 Å². The highest BCUT2D eigenvalue weighted by atomic mass is 32.2. The van der Waals surface area contributed by atoms with Crippen molar-refractivity contribution in [2.45, 2.75) is 25.5 Å². The third-order valence-electron chi connectivity index (χ3n) is 4.65. The van der Waals surface area contributed by atoms with Gasteiger partial charge in [0.05, 0.1) is 23.3 Å². The first-order valence-corrected chi connectivity index (χ1v) is 11.8. The minimum atomic E-state index is -0.616. The normalized spacial score (nSPS) is 10.7. The lowest BCUT2D eigenvalue weighted by Gasteiger charge is -2.08. The average Bonchev–Trinajstić information content (AvgIpc) is 3.37. The van der Waals surface area contributed by atoms with E-state index in [4.69, 9.17) is 4.74 Å². The summed E-state index contributed by atoms with van der Waals surface area (Å²) in [7, 11) is 4.50. The molecule has 0 saturated heterocycles. The van der Waals surface area contributed by atoms with Crippen molar-refractivity contribution in [3.63, 3.8) is 0 Å². The molecule has 33 heavy (non-hydrogen) atoms. The summed E-state index contributed by atoms with van der Waals surface area (Å²) in [6.45, 7) is 4.22. The number of nitrogens with one attached hydrogen (secondary N) is 1. The van der Waals surface area contributed by atoms with Crippen LogP contribution in [0, 0.1) is 6.92 Å². The SMILES string of the molecule is CCn1c(SCC(=O)Nc2sc(C(=O)N(C)C)c(C)c2C(=O)OC)nnc1-c1ccccn1. The molecule has 3 aromatic rings. The molecule has 12 heteroatoms. The number of pyridine rings is 1. The molecular formula is C21H24N6O4S2. The molecule has 0 spiro atoms. The number of methoxy groups -OCH3 is 1. The maximum Gasteiger partial charge on any atom is 0.341 e. The van der Waals surface area contributed by atoms with Crippen LogP contribution in [0.2, 0.25) is 0 Å². The highest BCUT2D eigenvalue weighted by molar-refractivity contribution is 7.99. The number of hydrogen-bond donors (Lipinski definition) is 1. The van der Waals surface area contributed by atoms with E-state index < -0.39 is 5.97 Å². The standard InChI is InChI=1S/C21H24N6O4S2/c1-6-27-17(13-9-7-8-10-22-13)24-25-21(27)32-11-14(28)23-18-15(20(30)31-5)12(2)16(33-18)19(29)26(3)4/h7-10H,6,11H2,1-5H3,(H,23,28). The molecule has 0 saturated carbocycles. The van der Waals surface area contributed by atoms with Gasteiger partial charge in [-0.05, 0) is 31.5 Å². The monoisotopic (exact) mass is 488 g/mol. The predicted octanol–water partition coefficient (Wildman–Crippen LogP) is 2.95. The fourth-order valence-corrected chi connectivity index (χ4v) is 5.05. The van der Waals surface area contributed by atoms with Gasteiger partial charge in [0.15, 0.2) is 11.0 Å². The van der Waals surface area contributed by atoms with Crippen LogP contribution < -0.4 is 5.32 Å². The molecule has 3 heterocycles. The molecule has 0 fully saturated rings. The number of anilines is 1. The summed E-state index contributed by atoms with van der Waals surface area (Å²) in [4.78, 5) is 43.6. The fraction of sp³-hybridized carbons (Fsp3) is 0.333. The van der Waals surface area contributed by atoms with E-state index in [9.17, 15) is 14.4 Å². The van der Waals surface area contributed by atoms with Gasteiger partial charge < -0.3 is 19.5 Å². The molecule has 0 aliphatic heterocycles. The highest BCUT2D eigenvalue weighted by Gasteiger charge is 2.27. The van der Waals surface area contributed by atoms with Crippen molar-refractivity contribution in [3.05, 3.63) is 40.4 Å². The second-order valence-corrected chi connectivity index (χ2v) is 9.02. The second-order valence-electron chi connectivity index (χ2n) is 7.05. The molecule has 0 radical (unpaired) electrons. The summed E-state index contributed by atoms with van der Waals surface area (Å²) in [5, 5.41) is 12.0. The number of amides is 2. The van der Waals surface area contributed by atoms with Gasteiger partial charge in [-0.1, -0.05) is 17.8 Å². The lowest BCUT2D eigenvalue weighted by atomic mass is 10.1. The number of hydrogen-bond acceptors (Lipinski definition) is 9. The van der Waals surface area contributed by atoms with E-state index in [2.05, 4.69) is 20.5 Å². The summed E-state index contributed by atoms with van der Waals surface area (Å²) in [6, 6.07) is 5.54. The van der Waals surface area contributed by atoms with Crippen LogP contribution in [0.3, 0.4) is 0 Å². The first-order chi connectivity index (χ1) is 15.8. The van der Waals surface area contributed by atoms with Gasteiger partial charge >= 0.3 is 5.97 Å². The minimum Gasteiger partial charge on any atom is -0.465 e. The summed E-state index contributed by atoms with van der Waals surface area (Å²) in [5.41, 5.74) is 1.34. The fourth-order valence-electron chi connectivity index (χ4n) is 3.01. The zero-order valence-corrected chi connectivity index (χ0v) is 20.5. The molecule has 0 aliphatic carbocycles. The molecule has 174 valence electrons. The van der Waals surface area contributed by atoms with Gasteiger partial charge in [-0.15, -0.1) is 21.5 Å². The van der Waals surface area contributed by atoms with Crippen LogP contribution in [0.25, 0.3) is 11.5 Å². The van der Waals surface area contributed by atoms with Crippen molar-refractivity contribution >= 4 is 45.9 Å². The van der Waals surface area contributed by atoms with Crippen LogP contribution in [0.4, 0.5) is 5.00 Å². The van der Waals surface area contributed by atoms with Crippen LogP contribution in [0.1, 0.15) is 32.5 Å². The Morgan fingerprint density at radius 2 is 2.00 bits per heavy atom. The predicted molar refractivity (Wildman–Crippen MR) is 127 cm³/mol. The maximum absolute atomic E-state index is 12.7. The Labute approximate surface area is 199 Å². The van der Waals surface area contributed by atoms with Gasteiger partial charge in [-0.3, -0.25) is 14.6 Å². The van der Waals surface area contributed by atoms with Crippen LogP contribution in [0.15, 0.2) is 29.6 Å². The van der Waals surface area contributed by atoms with Crippen molar-refractivity contribution < 1.29 is 19.1 Å². The minimum absolute atomic E-state index is 0.0366. The largest absolute Gasteiger partial charge is 0.465 e. The smallest absolute Gasteiger partial charge is 0.341 e. The first kappa shape index (κ1) is 24.4. The molecule has 2 amide bonds. The zero-order chi connectivity index (χ0) is 24.1. The van der Waals surface area contributed by atoms with E-state index >= 15 is 0 Å². The molecule has 1 N–H and O–H groups in total. The number of ether oxygens (including phenoxy) is 1. The Kier molecular flexibility index (Phi) is 7.82. The molecule has 0 atom stereocenters. The number of carbonyl (C=O) groups excluding carboxylic acids is 3. The summed E-state index contributed by atoms with van der Waals surface area (Å²) in [6.07, 6.45) is 1.68. The molecule has 0 aromatic carbocycles. The quantitative estimate of drug-likeness (QED) is 0.380. The van der Waals surface area contributed by atoms with E-state index in [1.54, 1.807) is 27.2 Å². The van der Waals surface area contributed by atoms with Gasteiger partial charge in [0.1, 0.15) is 10.7 Å². The Morgan fingerprint density at radius 1 is 1.24 bits per heavy atom. The van der Waals surface area contributed by atoms with Crippen LogP contribution in [-0.2, 0) is 16.1 Å². The Morgan fingerprint density at radius 3 is 2.61 bits per heavy atom. The number of aromatic nitrogens is 4. The third-order valence-corrected chi connectivity index (χ3v) is 6.81. The van der Waals surface area contributed by atoms with Crippen molar-refractivity contribution in [2.24, 2.45) is 0 Å². The number of thioether (sulfide) groups is 1. The zero-order valence-electron chi connectivity index (χ0n) is 18.9. The second kappa shape index (κ2) is 10.6. The summed E-state index contributed by atoms with van der Waals surface area (Å²) >= 11 is 2.27. The maximum atomic E-state index is 12.7. The van der Waals surface area contributed by atoms with E-state index in [1.165, 1.54) is 23.8 Å². The molecular weight excluding hydrogens is 464 g/mol. The third kappa shape index (κ3) is 5.22. The van der Waals surface area contributed by atoms with Gasteiger partial charge in [-0.25, -0.2) is 4.79 Å². The van der Waals surface area contributed by atoms with Gasteiger partial charge in [0.2, 0.25) is 5.91 Å². The number of rotatable bonds is 8. The van der Waals surface area contributed by atoms with E-state index in [0.717, 1.165) is 11.3 Å². The van der Waals surface area contributed by atoms with E-state index in [-0.39, 0.29) is 28.1 Å². The van der Waals surface area contributed by atoms with Crippen LogP contribution in [-0.4, -0.2) is 69.4 Å². The highest BCUT2D eigenvalue weighted by Crippen LogP contribution is 2.34. The van der Waals surface area contributed by atoms with Crippen molar-refractivity contribution in [1.29, 1.82) is 0 Å². The van der Waals surface area contributed by atoms with Crippen molar-refractivity contribution in [3.8, 4) is 11.5 Å². The van der Waals surface area contributed by atoms with Crippen LogP contribution >= 0.6 is 23.1 Å². The molecule has 3 rings (SSSR count). The van der Waals surface area contributed by atoms with E-state index in [0.29, 0.717) is 33.7 Å². The van der Waals surface area contributed by atoms with Gasteiger partial charge in [-0.2, -0.15) is 0 Å². The Bertz CT molecular complexity index is 1170. The number of esters is 1. The number of carbonyl (C=O) groups is 3. The topological polar surface area (TPSA) is 119 Å². The molecule has 0 unspecified atom stereocenters. The first-order valence-electron chi connectivity index (χ1n) is 9.99. The Hall–Kier alpha value is -3.25.